The van der Waals surface area contributed by atoms with E-state index in [9.17, 15) is 5.11 Å². The average molecular weight is 200 g/mol. The second kappa shape index (κ2) is 4.37. The van der Waals surface area contributed by atoms with E-state index in [0.29, 0.717) is 5.69 Å². The van der Waals surface area contributed by atoms with E-state index in [1.54, 1.807) is 18.2 Å². The van der Waals surface area contributed by atoms with Crippen molar-refractivity contribution in [2.75, 3.05) is 10.9 Å². The second-order valence-electron chi connectivity index (χ2n) is 3.13. The Morgan fingerprint density at radius 3 is 2.13 bits per heavy atom. The van der Waals surface area contributed by atoms with Crippen LogP contribution in [0.15, 0.2) is 54.6 Å². The number of phenols is 1. The molecule has 2 aromatic carbocycles. The number of hydrogen-bond donors (Lipinski definition) is 3. The third-order valence-electron chi connectivity index (χ3n) is 2.02. The molecule has 0 saturated heterocycles. The number of anilines is 2. The van der Waals surface area contributed by atoms with Gasteiger partial charge in [-0.2, -0.15) is 0 Å². The van der Waals surface area contributed by atoms with Crippen LogP contribution in [0.1, 0.15) is 0 Å². The summed E-state index contributed by atoms with van der Waals surface area (Å²) in [7, 11) is 0. The van der Waals surface area contributed by atoms with Crippen LogP contribution in [0.5, 0.6) is 5.75 Å². The zero-order valence-corrected chi connectivity index (χ0v) is 8.14. The molecule has 0 saturated carbocycles. The lowest BCUT2D eigenvalue weighted by Gasteiger charge is -2.10. The molecule has 3 nitrogen and oxygen atoms in total. The maximum Gasteiger partial charge on any atom is 0.140 e. The molecule has 0 radical (unpaired) electrons. The highest BCUT2D eigenvalue weighted by atomic mass is 16.3. The van der Waals surface area contributed by atoms with Gasteiger partial charge in [-0.3, -0.25) is 5.43 Å². The number of rotatable bonds is 3. The largest absolute Gasteiger partial charge is 0.506 e. The summed E-state index contributed by atoms with van der Waals surface area (Å²) in [6.07, 6.45) is 0. The zero-order valence-electron chi connectivity index (χ0n) is 8.14. The van der Waals surface area contributed by atoms with Gasteiger partial charge in [-0.1, -0.05) is 30.3 Å². The standard InChI is InChI=1S/C12H12N2O/c15-12-9-5-4-8-11(12)14-13-10-6-2-1-3-7-10/h1-9,13-15H. The topological polar surface area (TPSA) is 44.3 Å². The molecule has 0 heterocycles. The van der Waals surface area contributed by atoms with E-state index in [1.165, 1.54) is 0 Å². The van der Waals surface area contributed by atoms with E-state index in [2.05, 4.69) is 10.9 Å². The molecule has 0 bridgehead atoms. The summed E-state index contributed by atoms with van der Waals surface area (Å²) in [5.41, 5.74) is 7.52. The van der Waals surface area contributed by atoms with Gasteiger partial charge in [-0.25, -0.2) is 0 Å². The molecule has 0 spiro atoms. The summed E-state index contributed by atoms with van der Waals surface area (Å²) in [6, 6.07) is 16.8. The van der Waals surface area contributed by atoms with Gasteiger partial charge >= 0.3 is 0 Å². The molecule has 0 unspecified atom stereocenters. The highest BCUT2D eigenvalue weighted by Crippen LogP contribution is 2.21. The molecule has 76 valence electrons. The monoisotopic (exact) mass is 200 g/mol. The summed E-state index contributed by atoms with van der Waals surface area (Å²) in [5.74, 6) is 0.223. The smallest absolute Gasteiger partial charge is 0.140 e. The molecule has 3 heteroatoms. The lowest BCUT2D eigenvalue weighted by atomic mass is 10.3. The maximum atomic E-state index is 9.49. The molecule has 0 aliphatic heterocycles. The first-order valence-corrected chi connectivity index (χ1v) is 4.71. The van der Waals surface area contributed by atoms with Crippen molar-refractivity contribution in [3.8, 4) is 5.75 Å². The highest BCUT2D eigenvalue weighted by Gasteiger charge is 1.96. The Hall–Kier alpha value is -2.16. The number of nitrogens with one attached hydrogen (secondary N) is 2. The molecule has 0 amide bonds. The molecule has 2 rings (SSSR count). The summed E-state index contributed by atoms with van der Waals surface area (Å²) >= 11 is 0. The molecule has 0 aromatic heterocycles. The van der Waals surface area contributed by atoms with Crippen LogP contribution in [-0.4, -0.2) is 5.11 Å². The van der Waals surface area contributed by atoms with Gasteiger partial charge in [0.05, 0.1) is 11.4 Å². The minimum Gasteiger partial charge on any atom is -0.506 e. The molecule has 0 atom stereocenters. The quantitative estimate of drug-likeness (QED) is 0.527. The van der Waals surface area contributed by atoms with Gasteiger partial charge in [0.2, 0.25) is 0 Å². The lowest BCUT2D eigenvalue weighted by Crippen LogP contribution is -2.08. The number of hydrogen-bond acceptors (Lipinski definition) is 3. The van der Waals surface area contributed by atoms with Crippen LogP contribution in [0.2, 0.25) is 0 Å². The average Bonchev–Trinajstić information content (AvgIpc) is 2.29. The summed E-state index contributed by atoms with van der Waals surface area (Å²) < 4.78 is 0. The zero-order chi connectivity index (χ0) is 10.5. The van der Waals surface area contributed by atoms with Crippen molar-refractivity contribution in [1.82, 2.24) is 0 Å². The number of para-hydroxylation sites is 3. The molecule has 2 aromatic rings. The first-order chi connectivity index (χ1) is 7.36. The summed E-state index contributed by atoms with van der Waals surface area (Å²) in [5, 5.41) is 9.49. The highest BCUT2D eigenvalue weighted by molar-refractivity contribution is 5.59. The van der Waals surface area contributed by atoms with Crippen LogP contribution in [0.4, 0.5) is 11.4 Å². The van der Waals surface area contributed by atoms with Crippen LogP contribution in [0, 0.1) is 0 Å². The SMILES string of the molecule is Oc1ccccc1NNc1ccccc1. The predicted molar refractivity (Wildman–Crippen MR) is 61.8 cm³/mol. The van der Waals surface area contributed by atoms with Gasteiger partial charge in [-0.05, 0) is 24.3 Å². The van der Waals surface area contributed by atoms with Gasteiger partial charge in [0.25, 0.3) is 0 Å². The minimum atomic E-state index is 0.223. The van der Waals surface area contributed by atoms with E-state index >= 15 is 0 Å². The normalized spacial score (nSPS) is 9.60. The molecule has 3 N–H and O–H groups in total. The number of phenolic OH excluding ortho intramolecular Hbond substituents is 1. The molecule has 0 aliphatic carbocycles. The second-order valence-corrected chi connectivity index (χ2v) is 3.13. The van der Waals surface area contributed by atoms with E-state index in [1.807, 2.05) is 36.4 Å². The van der Waals surface area contributed by atoms with Crippen molar-refractivity contribution in [2.45, 2.75) is 0 Å². The van der Waals surface area contributed by atoms with E-state index in [4.69, 9.17) is 0 Å². The Morgan fingerprint density at radius 1 is 0.733 bits per heavy atom. The minimum absolute atomic E-state index is 0.223. The molecule has 0 aliphatic rings. The van der Waals surface area contributed by atoms with Crippen LogP contribution in [-0.2, 0) is 0 Å². The summed E-state index contributed by atoms with van der Waals surface area (Å²) in [4.78, 5) is 0. The maximum absolute atomic E-state index is 9.49. The molecule has 15 heavy (non-hydrogen) atoms. The molecular weight excluding hydrogens is 188 g/mol. The summed E-state index contributed by atoms with van der Waals surface area (Å²) in [6.45, 7) is 0. The third kappa shape index (κ3) is 2.40. The van der Waals surface area contributed by atoms with Crippen molar-refractivity contribution in [2.24, 2.45) is 0 Å². The lowest BCUT2D eigenvalue weighted by molar-refractivity contribution is 0.477. The van der Waals surface area contributed by atoms with E-state index in [-0.39, 0.29) is 5.75 Å². The Labute approximate surface area is 88.4 Å². The van der Waals surface area contributed by atoms with Gasteiger partial charge in [-0.15, -0.1) is 0 Å². The van der Waals surface area contributed by atoms with Crippen LogP contribution in [0.25, 0.3) is 0 Å². The van der Waals surface area contributed by atoms with E-state index in [0.717, 1.165) is 5.69 Å². The Kier molecular flexibility index (Phi) is 2.74. The number of benzene rings is 2. The van der Waals surface area contributed by atoms with Gasteiger partial charge < -0.3 is 10.5 Å². The predicted octanol–water partition coefficient (Wildman–Crippen LogP) is 2.83. The van der Waals surface area contributed by atoms with Gasteiger partial charge in [0.1, 0.15) is 5.75 Å². The first kappa shape index (κ1) is 9.40. The van der Waals surface area contributed by atoms with Crippen molar-refractivity contribution in [3.63, 3.8) is 0 Å². The van der Waals surface area contributed by atoms with Crippen molar-refractivity contribution < 1.29 is 5.11 Å². The third-order valence-corrected chi connectivity index (χ3v) is 2.02. The van der Waals surface area contributed by atoms with Crippen LogP contribution < -0.4 is 10.9 Å². The fourth-order valence-corrected chi connectivity index (χ4v) is 1.24. The Morgan fingerprint density at radius 2 is 1.40 bits per heavy atom. The molecular formula is C12H12N2O. The Bertz CT molecular complexity index is 429. The number of hydrazine groups is 1. The van der Waals surface area contributed by atoms with Crippen molar-refractivity contribution >= 4 is 11.4 Å². The van der Waals surface area contributed by atoms with Crippen LogP contribution in [0.3, 0.4) is 0 Å². The fourth-order valence-electron chi connectivity index (χ4n) is 1.24. The first-order valence-electron chi connectivity index (χ1n) is 4.71. The van der Waals surface area contributed by atoms with Gasteiger partial charge in [0, 0.05) is 0 Å². The number of aromatic hydroxyl groups is 1. The van der Waals surface area contributed by atoms with Crippen molar-refractivity contribution in [1.29, 1.82) is 0 Å². The van der Waals surface area contributed by atoms with E-state index < -0.39 is 0 Å². The van der Waals surface area contributed by atoms with Crippen LogP contribution >= 0.6 is 0 Å². The Balaban J connectivity index is 2.03. The molecule has 0 fully saturated rings. The van der Waals surface area contributed by atoms with Gasteiger partial charge in [0.15, 0.2) is 0 Å². The van der Waals surface area contributed by atoms with Crippen molar-refractivity contribution in [3.05, 3.63) is 54.6 Å². The fraction of sp³-hybridized carbons (Fsp3) is 0.